The Kier molecular flexibility index (Phi) is 7.04. The molecular weight excluding hydrogens is 461 g/mol. The largest absolute Gasteiger partial charge is 0.416 e. The Bertz CT molecular complexity index is 1150. The molecule has 2 aliphatic rings. The number of aromatic nitrogens is 1. The molecule has 0 bridgehead atoms. The Morgan fingerprint density at radius 2 is 1.69 bits per heavy atom. The standard InChI is InChI=1S/C29H33F3N4/c30-29(31,32)23-11-13-25(14-12-23)36-18-6-9-24(20-36)35-26-10-4-5-16-28(26,33)27-19-22(15-17-34-27)21-7-2-1-3-8-21/h1-3,7-8,11-15,17,19,24,26,35H,4-6,9-10,16,18,20,33H2. The van der Waals surface area contributed by atoms with E-state index in [1.165, 1.54) is 12.1 Å². The quantitative estimate of drug-likeness (QED) is 0.449. The Balaban J connectivity index is 1.32. The molecule has 190 valence electrons. The fraction of sp³-hybridized carbons (Fsp3) is 0.414. The van der Waals surface area contributed by atoms with E-state index in [2.05, 4.69) is 28.4 Å². The van der Waals surface area contributed by atoms with Crippen molar-refractivity contribution >= 4 is 5.69 Å². The highest BCUT2D eigenvalue weighted by Gasteiger charge is 2.41. The third-order valence-corrected chi connectivity index (χ3v) is 7.72. The lowest BCUT2D eigenvalue weighted by atomic mass is 9.74. The number of alkyl halides is 3. The molecule has 0 spiro atoms. The van der Waals surface area contributed by atoms with Crippen molar-refractivity contribution in [2.45, 2.75) is 62.3 Å². The van der Waals surface area contributed by atoms with Crippen LogP contribution in [0.5, 0.6) is 0 Å². The molecule has 7 heteroatoms. The molecule has 5 rings (SSSR count). The first-order chi connectivity index (χ1) is 17.3. The zero-order valence-electron chi connectivity index (χ0n) is 20.3. The maximum Gasteiger partial charge on any atom is 0.416 e. The van der Waals surface area contributed by atoms with Crippen LogP contribution in [-0.2, 0) is 11.7 Å². The summed E-state index contributed by atoms with van der Waals surface area (Å²) >= 11 is 0. The van der Waals surface area contributed by atoms with Crippen molar-refractivity contribution in [3.63, 3.8) is 0 Å². The number of hydrogen-bond acceptors (Lipinski definition) is 4. The van der Waals surface area contributed by atoms with E-state index in [9.17, 15) is 13.2 Å². The van der Waals surface area contributed by atoms with Gasteiger partial charge in [-0.25, -0.2) is 0 Å². The molecule has 1 aliphatic carbocycles. The number of nitrogens with one attached hydrogen (secondary N) is 1. The summed E-state index contributed by atoms with van der Waals surface area (Å²) in [5.74, 6) is 0. The average molecular weight is 495 g/mol. The smallest absolute Gasteiger partial charge is 0.370 e. The van der Waals surface area contributed by atoms with Crippen molar-refractivity contribution < 1.29 is 13.2 Å². The monoisotopic (exact) mass is 494 g/mol. The zero-order chi connectivity index (χ0) is 25.2. The van der Waals surface area contributed by atoms with Crippen LogP contribution in [0.1, 0.15) is 49.8 Å². The van der Waals surface area contributed by atoms with Crippen LogP contribution in [0, 0.1) is 0 Å². The van der Waals surface area contributed by atoms with Gasteiger partial charge in [-0.1, -0.05) is 43.2 Å². The highest BCUT2D eigenvalue weighted by Crippen LogP contribution is 2.37. The number of pyridine rings is 1. The fourth-order valence-electron chi connectivity index (χ4n) is 5.73. The predicted octanol–water partition coefficient (Wildman–Crippen LogP) is 6.12. The summed E-state index contributed by atoms with van der Waals surface area (Å²) in [5.41, 5.74) is 9.96. The van der Waals surface area contributed by atoms with Crippen LogP contribution in [0.2, 0.25) is 0 Å². The molecule has 1 aliphatic heterocycles. The number of benzene rings is 2. The maximum atomic E-state index is 13.0. The van der Waals surface area contributed by atoms with Gasteiger partial charge in [-0.2, -0.15) is 13.2 Å². The fourth-order valence-corrected chi connectivity index (χ4v) is 5.73. The van der Waals surface area contributed by atoms with Crippen molar-refractivity contribution in [3.8, 4) is 11.1 Å². The molecule has 3 N–H and O–H groups in total. The second-order valence-electron chi connectivity index (χ2n) is 10.1. The summed E-state index contributed by atoms with van der Waals surface area (Å²) < 4.78 is 38.9. The van der Waals surface area contributed by atoms with Crippen molar-refractivity contribution in [1.82, 2.24) is 10.3 Å². The van der Waals surface area contributed by atoms with E-state index in [4.69, 9.17) is 10.7 Å². The van der Waals surface area contributed by atoms with Gasteiger partial charge in [0, 0.05) is 37.1 Å². The molecule has 3 unspecified atom stereocenters. The van der Waals surface area contributed by atoms with Crippen LogP contribution in [0.25, 0.3) is 11.1 Å². The van der Waals surface area contributed by atoms with Gasteiger partial charge in [0.1, 0.15) is 0 Å². The lowest BCUT2D eigenvalue weighted by Gasteiger charge is -2.45. The van der Waals surface area contributed by atoms with Gasteiger partial charge in [0.05, 0.1) is 16.8 Å². The number of nitrogens with zero attached hydrogens (tertiary/aromatic N) is 2. The zero-order valence-corrected chi connectivity index (χ0v) is 20.3. The normalized spacial score (nSPS) is 25.1. The number of anilines is 1. The van der Waals surface area contributed by atoms with Gasteiger partial charge in [-0.3, -0.25) is 4.98 Å². The summed E-state index contributed by atoms with van der Waals surface area (Å²) in [6, 6.07) is 20.2. The van der Waals surface area contributed by atoms with Gasteiger partial charge < -0.3 is 16.0 Å². The summed E-state index contributed by atoms with van der Waals surface area (Å²) in [5, 5.41) is 3.85. The first-order valence-corrected chi connectivity index (χ1v) is 12.8. The van der Waals surface area contributed by atoms with Crippen molar-refractivity contribution in [2.24, 2.45) is 5.73 Å². The Labute approximate surface area is 210 Å². The molecule has 2 heterocycles. The highest BCUT2D eigenvalue weighted by molar-refractivity contribution is 5.63. The van der Waals surface area contributed by atoms with Crippen LogP contribution in [0.4, 0.5) is 18.9 Å². The number of hydrogen-bond donors (Lipinski definition) is 2. The summed E-state index contributed by atoms with van der Waals surface area (Å²) in [6.07, 6.45) is 3.55. The Hall–Kier alpha value is -2.90. The first kappa shape index (κ1) is 24.8. The van der Waals surface area contributed by atoms with E-state index >= 15 is 0 Å². The van der Waals surface area contributed by atoms with E-state index in [0.29, 0.717) is 0 Å². The molecule has 36 heavy (non-hydrogen) atoms. The lowest BCUT2D eigenvalue weighted by molar-refractivity contribution is -0.137. The molecule has 1 saturated heterocycles. The first-order valence-electron chi connectivity index (χ1n) is 12.8. The Morgan fingerprint density at radius 1 is 0.917 bits per heavy atom. The second-order valence-corrected chi connectivity index (χ2v) is 10.1. The van der Waals surface area contributed by atoms with Crippen molar-refractivity contribution in [2.75, 3.05) is 18.0 Å². The summed E-state index contributed by atoms with van der Waals surface area (Å²) in [7, 11) is 0. The van der Waals surface area contributed by atoms with E-state index in [1.807, 2.05) is 30.5 Å². The topological polar surface area (TPSA) is 54.2 Å². The summed E-state index contributed by atoms with van der Waals surface area (Å²) in [6.45, 7) is 1.58. The van der Waals surface area contributed by atoms with Crippen LogP contribution in [-0.4, -0.2) is 30.2 Å². The molecule has 3 atom stereocenters. The van der Waals surface area contributed by atoms with Crippen LogP contribution in [0.15, 0.2) is 72.9 Å². The Morgan fingerprint density at radius 3 is 2.44 bits per heavy atom. The molecule has 1 aromatic heterocycles. The van der Waals surface area contributed by atoms with E-state index in [1.54, 1.807) is 12.1 Å². The lowest BCUT2D eigenvalue weighted by Crippen LogP contribution is -2.61. The minimum absolute atomic E-state index is 0.0855. The molecule has 1 saturated carbocycles. The molecule has 3 aromatic rings. The molecule has 2 fully saturated rings. The van der Waals surface area contributed by atoms with Crippen LogP contribution >= 0.6 is 0 Å². The predicted molar refractivity (Wildman–Crippen MR) is 138 cm³/mol. The maximum absolute atomic E-state index is 13.0. The van der Waals surface area contributed by atoms with Crippen molar-refractivity contribution in [3.05, 3.63) is 84.2 Å². The minimum atomic E-state index is -4.32. The molecule has 0 amide bonds. The molecule has 2 aromatic carbocycles. The van der Waals surface area contributed by atoms with Gasteiger partial charge in [0.25, 0.3) is 0 Å². The van der Waals surface area contributed by atoms with Crippen molar-refractivity contribution in [1.29, 1.82) is 0 Å². The van der Waals surface area contributed by atoms with E-state index < -0.39 is 17.3 Å². The molecule has 4 nitrogen and oxygen atoms in total. The van der Waals surface area contributed by atoms with Gasteiger partial charge in [0.2, 0.25) is 0 Å². The third-order valence-electron chi connectivity index (χ3n) is 7.72. The van der Waals surface area contributed by atoms with Gasteiger partial charge in [0.15, 0.2) is 0 Å². The number of halogens is 3. The van der Waals surface area contributed by atoms with E-state index in [-0.39, 0.29) is 12.1 Å². The average Bonchev–Trinajstić information content (AvgIpc) is 2.90. The van der Waals surface area contributed by atoms with Gasteiger partial charge in [-0.15, -0.1) is 0 Å². The summed E-state index contributed by atoms with van der Waals surface area (Å²) in [4.78, 5) is 6.90. The minimum Gasteiger partial charge on any atom is -0.370 e. The number of piperidine rings is 1. The SMILES string of the molecule is NC1(c2cc(-c3ccccc3)ccn2)CCCCC1NC1CCCN(c2ccc(C(F)(F)F)cc2)C1. The van der Waals surface area contributed by atoms with Gasteiger partial charge >= 0.3 is 6.18 Å². The third kappa shape index (κ3) is 5.27. The number of nitrogens with two attached hydrogens (primary N) is 1. The highest BCUT2D eigenvalue weighted by atomic mass is 19.4. The van der Waals surface area contributed by atoms with Gasteiger partial charge in [-0.05, 0) is 73.2 Å². The van der Waals surface area contributed by atoms with Crippen LogP contribution < -0.4 is 16.0 Å². The van der Waals surface area contributed by atoms with E-state index in [0.717, 1.165) is 74.1 Å². The molecule has 0 radical (unpaired) electrons. The molecular formula is C29H33F3N4. The van der Waals surface area contributed by atoms with Crippen LogP contribution in [0.3, 0.4) is 0 Å². The number of rotatable bonds is 5. The second kappa shape index (κ2) is 10.2.